The summed E-state index contributed by atoms with van der Waals surface area (Å²) in [6.07, 6.45) is 3.11. The van der Waals surface area contributed by atoms with Crippen LogP contribution in [0.2, 0.25) is 0 Å². The highest BCUT2D eigenvalue weighted by Crippen LogP contribution is 2.32. The van der Waals surface area contributed by atoms with Gasteiger partial charge in [-0.1, -0.05) is 54.1 Å². The molecule has 0 aromatic heterocycles. The number of hydrogen-bond acceptors (Lipinski definition) is 5. The average Bonchev–Trinajstić information content (AvgIpc) is 2.74. The Balaban J connectivity index is 1.37. The van der Waals surface area contributed by atoms with Crippen molar-refractivity contribution >= 4 is 5.78 Å². The number of benzene rings is 2. The van der Waals surface area contributed by atoms with Crippen LogP contribution in [-0.4, -0.2) is 37.8 Å². The molecule has 1 fully saturated rings. The van der Waals surface area contributed by atoms with Crippen molar-refractivity contribution in [2.24, 2.45) is 0 Å². The molecule has 0 radical (unpaired) electrons. The quantitative estimate of drug-likeness (QED) is 0.579. The maximum absolute atomic E-state index is 12.5. The third-order valence-electron chi connectivity index (χ3n) is 5.07. The van der Waals surface area contributed by atoms with E-state index in [0.717, 1.165) is 16.9 Å². The largest absolute Gasteiger partial charge is 0.497 e. The highest BCUT2D eigenvalue weighted by atomic mass is 16.7. The van der Waals surface area contributed by atoms with Crippen LogP contribution in [0.4, 0.5) is 0 Å². The molecule has 2 aliphatic rings. The van der Waals surface area contributed by atoms with Crippen molar-refractivity contribution in [3.05, 3.63) is 77.4 Å². The van der Waals surface area contributed by atoms with Gasteiger partial charge >= 0.3 is 0 Å². The maximum Gasteiger partial charge on any atom is 0.184 e. The number of ether oxygens (including phenoxy) is 4. The number of ketones is 1. The van der Waals surface area contributed by atoms with Gasteiger partial charge in [0, 0.05) is 17.5 Å². The van der Waals surface area contributed by atoms with Crippen molar-refractivity contribution in [3.8, 4) is 5.75 Å². The molecule has 0 aliphatic carbocycles. The first-order chi connectivity index (χ1) is 13.6. The Morgan fingerprint density at radius 3 is 2.50 bits per heavy atom. The molecule has 146 valence electrons. The van der Waals surface area contributed by atoms with Gasteiger partial charge in [0.2, 0.25) is 0 Å². The van der Waals surface area contributed by atoms with E-state index in [4.69, 9.17) is 18.9 Å². The second kappa shape index (κ2) is 8.27. The summed E-state index contributed by atoms with van der Waals surface area (Å²) in [4.78, 5) is 12.5. The van der Waals surface area contributed by atoms with Gasteiger partial charge in [-0.05, 0) is 19.1 Å². The molecular weight excluding hydrogens is 356 g/mol. The van der Waals surface area contributed by atoms with E-state index in [1.54, 1.807) is 7.11 Å². The third-order valence-corrected chi connectivity index (χ3v) is 5.07. The standard InChI is InChI=1S/C23H24O5/c1-15-3-5-16(6-4-15)20(24)13-19-11-12-21-22(27-19)14-26-23(28-21)17-7-9-18(25-2)10-8-17/h3-12,19,21-23H,13-14H2,1-2H3. The van der Waals surface area contributed by atoms with Crippen molar-refractivity contribution < 1.29 is 23.7 Å². The van der Waals surface area contributed by atoms with Gasteiger partial charge in [0.1, 0.15) is 18.0 Å². The molecule has 0 amide bonds. The number of Topliss-reactive ketones (excluding diaryl/α,β-unsaturated/α-hetero) is 1. The minimum atomic E-state index is -0.439. The molecule has 2 aromatic carbocycles. The zero-order valence-electron chi connectivity index (χ0n) is 16.0. The first-order valence-electron chi connectivity index (χ1n) is 9.47. The average molecular weight is 380 g/mol. The fourth-order valence-electron chi connectivity index (χ4n) is 3.43. The lowest BCUT2D eigenvalue weighted by molar-refractivity contribution is -0.261. The van der Waals surface area contributed by atoms with E-state index in [1.807, 2.05) is 67.6 Å². The van der Waals surface area contributed by atoms with Gasteiger partial charge < -0.3 is 18.9 Å². The molecule has 0 saturated carbocycles. The van der Waals surface area contributed by atoms with Crippen molar-refractivity contribution in [2.45, 2.75) is 37.9 Å². The number of carbonyl (C=O) groups excluding carboxylic acids is 1. The second-order valence-corrected chi connectivity index (χ2v) is 7.13. The summed E-state index contributed by atoms with van der Waals surface area (Å²) in [5, 5.41) is 0. The Bertz CT molecular complexity index is 840. The predicted octanol–water partition coefficient (Wildman–Crippen LogP) is 4.01. The van der Waals surface area contributed by atoms with E-state index in [-0.39, 0.29) is 24.1 Å². The van der Waals surface area contributed by atoms with E-state index < -0.39 is 6.29 Å². The number of methoxy groups -OCH3 is 1. The van der Waals surface area contributed by atoms with Crippen molar-refractivity contribution in [1.29, 1.82) is 0 Å². The minimum Gasteiger partial charge on any atom is -0.497 e. The number of carbonyl (C=O) groups is 1. The fraction of sp³-hybridized carbons (Fsp3) is 0.348. The van der Waals surface area contributed by atoms with E-state index >= 15 is 0 Å². The number of aryl methyl sites for hydroxylation is 1. The Morgan fingerprint density at radius 2 is 1.79 bits per heavy atom. The van der Waals surface area contributed by atoms with Gasteiger partial charge in [-0.2, -0.15) is 0 Å². The van der Waals surface area contributed by atoms with Gasteiger partial charge in [0.25, 0.3) is 0 Å². The summed E-state index contributed by atoms with van der Waals surface area (Å²) in [5.74, 6) is 0.862. The molecule has 0 bridgehead atoms. The molecule has 0 N–H and O–H groups in total. The number of fused-ring (bicyclic) bond motifs is 1. The molecule has 1 saturated heterocycles. The molecule has 4 unspecified atom stereocenters. The van der Waals surface area contributed by atoms with Crippen LogP contribution in [-0.2, 0) is 14.2 Å². The Hall–Kier alpha value is -2.47. The van der Waals surface area contributed by atoms with Crippen LogP contribution in [0.15, 0.2) is 60.7 Å². The molecule has 2 aromatic rings. The first-order valence-corrected chi connectivity index (χ1v) is 9.47. The zero-order valence-corrected chi connectivity index (χ0v) is 16.0. The first kappa shape index (κ1) is 18.9. The van der Waals surface area contributed by atoms with Crippen molar-refractivity contribution in [1.82, 2.24) is 0 Å². The molecular formula is C23H24O5. The van der Waals surface area contributed by atoms with Crippen LogP contribution in [0.3, 0.4) is 0 Å². The van der Waals surface area contributed by atoms with Crippen LogP contribution in [0, 0.1) is 6.92 Å². The van der Waals surface area contributed by atoms with Gasteiger partial charge in [-0.3, -0.25) is 4.79 Å². The van der Waals surface area contributed by atoms with Crippen LogP contribution >= 0.6 is 0 Å². The summed E-state index contributed by atoms with van der Waals surface area (Å²) >= 11 is 0. The summed E-state index contributed by atoms with van der Waals surface area (Å²) in [5.41, 5.74) is 2.78. The predicted molar refractivity (Wildman–Crippen MR) is 104 cm³/mol. The van der Waals surface area contributed by atoms with Crippen LogP contribution in [0.5, 0.6) is 5.75 Å². The lowest BCUT2D eigenvalue weighted by Gasteiger charge is -2.39. The molecule has 5 nitrogen and oxygen atoms in total. The third kappa shape index (κ3) is 4.17. The van der Waals surface area contributed by atoms with Gasteiger partial charge in [0.05, 0.1) is 19.8 Å². The van der Waals surface area contributed by atoms with E-state index in [0.29, 0.717) is 18.6 Å². The molecule has 4 rings (SSSR count). The van der Waals surface area contributed by atoms with Crippen LogP contribution in [0.1, 0.15) is 34.2 Å². The van der Waals surface area contributed by atoms with Gasteiger partial charge in [0.15, 0.2) is 12.1 Å². The van der Waals surface area contributed by atoms with Crippen molar-refractivity contribution in [2.75, 3.05) is 13.7 Å². The van der Waals surface area contributed by atoms with E-state index in [9.17, 15) is 4.79 Å². The summed E-state index contributed by atoms with van der Waals surface area (Å²) in [7, 11) is 1.64. The Morgan fingerprint density at radius 1 is 1.04 bits per heavy atom. The molecule has 2 aliphatic heterocycles. The normalized spacial score (nSPS) is 26.5. The monoisotopic (exact) mass is 380 g/mol. The molecule has 0 spiro atoms. The molecule has 28 heavy (non-hydrogen) atoms. The highest BCUT2D eigenvalue weighted by molar-refractivity contribution is 5.96. The minimum absolute atomic E-state index is 0.0712. The Kier molecular flexibility index (Phi) is 5.57. The summed E-state index contributed by atoms with van der Waals surface area (Å²) in [6, 6.07) is 15.2. The van der Waals surface area contributed by atoms with Crippen LogP contribution < -0.4 is 4.74 Å². The van der Waals surface area contributed by atoms with Gasteiger partial charge in [-0.15, -0.1) is 0 Å². The summed E-state index contributed by atoms with van der Waals surface area (Å²) in [6.45, 7) is 2.42. The van der Waals surface area contributed by atoms with E-state index in [1.165, 1.54) is 0 Å². The topological polar surface area (TPSA) is 54.0 Å². The second-order valence-electron chi connectivity index (χ2n) is 7.13. The summed E-state index contributed by atoms with van der Waals surface area (Å²) < 4.78 is 23.1. The molecule has 5 heteroatoms. The van der Waals surface area contributed by atoms with Crippen LogP contribution in [0.25, 0.3) is 0 Å². The lowest BCUT2D eigenvalue weighted by Crippen LogP contribution is -2.45. The maximum atomic E-state index is 12.5. The molecule has 2 heterocycles. The van der Waals surface area contributed by atoms with Crippen molar-refractivity contribution in [3.63, 3.8) is 0 Å². The number of rotatable bonds is 5. The van der Waals surface area contributed by atoms with E-state index in [2.05, 4.69) is 0 Å². The fourth-order valence-corrected chi connectivity index (χ4v) is 3.43. The zero-order chi connectivity index (χ0) is 19.5. The molecule has 4 atom stereocenters. The Labute approximate surface area is 164 Å². The SMILES string of the molecule is COc1ccc(C2OCC3OC(CC(=O)c4ccc(C)cc4)C=CC3O2)cc1. The lowest BCUT2D eigenvalue weighted by atomic mass is 10.0. The highest BCUT2D eigenvalue weighted by Gasteiger charge is 2.36. The van der Waals surface area contributed by atoms with Gasteiger partial charge in [-0.25, -0.2) is 0 Å². The number of hydrogen-bond donors (Lipinski definition) is 0. The smallest absolute Gasteiger partial charge is 0.184 e.